The molecule has 1 unspecified atom stereocenters. The minimum atomic E-state index is -0.511. The van der Waals surface area contributed by atoms with Crippen LogP contribution in [0.2, 0.25) is 0 Å². The summed E-state index contributed by atoms with van der Waals surface area (Å²) in [4.78, 5) is 27.0. The van der Waals surface area contributed by atoms with E-state index in [4.69, 9.17) is 4.74 Å². The molecule has 0 saturated heterocycles. The van der Waals surface area contributed by atoms with E-state index >= 15 is 0 Å². The minimum Gasteiger partial charge on any atom is -0.462 e. The molecule has 1 heterocycles. The molecular weight excluding hydrogens is 354 g/mol. The van der Waals surface area contributed by atoms with Gasteiger partial charge in [-0.25, -0.2) is 9.59 Å². The van der Waals surface area contributed by atoms with E-state index < -0.39 is 6.04 Å². The summed E-state index contributed by atoms with van der Waals surface area (Å²) in [5, 5.41) is 5.55. The van der Waals surface area contributed by atoms with Crippen LogP contribution in [0.25, 0.3) is 0 Å². The average molecular weight is 388 g/mol. The van der Waals surface area contributed by atoms with Gasteiger partial charge in [0.2, 0.25) is 0 Å². The van der Waals surface area contributed by atoms with Gasteiger partial charge in [0.05, 0.1) is 18.2 Å². The average Bonchev–Trinajstić information content (AvgIpc) is 2.68. The Morgan fingerprint density at radius 1 is 1.07 bits per heavy atom. The first kappa shape index (κ1) is 21.8. The van der Waals surface area contributed by atoms with E-state index in [9.17, 15) is 9.59 Å². The number of rotatable bonds is 10. The van der Waals surface area contributed by atoms with Gasteiger partial charge in [-0.15, -0.1) is 0 Å². The SMILES string of the molecule is CCCCCCOC(=O)C1=C(C)NC(=O)NC1c1ccc(N(CC)CC)cc1. The quantitative estimate of drug-likeness (QED) is 0.464. The summed E-state index contributed by atoms with van der Waals surface area (Å²) < 4.78 is 5.49. The molecule has 1 aliphatic heterocycles. The van der Waals surface area contributed by atoms with Gasteiger partial charge in [0.15, 0.2) is 0 Å². The first-order chi connectivity index (χ1) is 13.5. The summed E-state index contributed by atoms with van der Waals surface area (Å²) in [6.45, 7) is 10.4. The number of esters is 1. The van der Waals surface area contributed by atoms with Crippen LogP contribution in [0.15, 0.2) is 35.5 Å². The highest BCUT2D eigenvalue weighted by Crippen LogP contribution is 2.29. The van der Waals surface area contributed by atoms with Crippen molar-refractivity contribution >= 4 is 17.7 Å². The Morgan fingerprint density at radius 3 is 2.36 bits per heavy atom. The summed E-state index contributed by atoms with van der Waals surface area (Å²) in [6, 6.07) is 7.16. The van der Waals surface area contributed by atoms with Crippen molar-refractivity contribution in [1.29, 1.82) is 0 Å². The van der Waals surface area contributed by atoms with E-state index in [0.717, 1.165) is 50.0 Å². The summed E-state index contributed by atoms with van der Waals surface area (Å²) in [5.41, 5.74) is 2.99. The number of anilines is 1. The van der Waals surface area contributed by atoms with Crippen molar-refractivity contribution in [3.63, 3.8) is 0 Å². The predicted octanol–water partition coefficient (Wildman–Crippen LogP) is 4.28. The molecule has 154 valence electrons. The maximum atomic E-state index is 12.7. The third kappa shape index (κ3) is 5.50. The molecule has 2 rings (SSSR count). The number of nitrogens with zero attached hydrogens (tertiary/aromatic N) is 1. The molecule has 1 aromatic rings. The van der Waals surface area contributed by atoms with E-state index in [0.29, 0.717) is 17.9 Å². The fourth-order valence-electron chi connectivity index (χ4n) is 3.45. The zero-order valence-electron chi connectivity index (χ0n) is 17.5. The zero-order valence-corrected chi connectivity index (χ0v) is 17.5. The largest absolute Gasteiger partial charge is 0.462 e. The van der Waals surface area contributed by atoms with E-state index in [2.05, 4.69) is 36.3 Å². The van der Waals surface area contributed by atoms with Crippen LogP contribution < -0.4 is 15.5 Å². The second kappa shape index (κ2) is 10.7. The van der Waals surface area contributed by atoms with Gasteiger partial charge in [0.1, 0.15) is 0 Å². The molecule has 0 spiro atoms. The maximum Gasteiger partial charge on any atom is 0.338 e. The van der Waals surface area contributed by atoms with Crippen molar-refractivity contribution in [3.05, 3.63) is 41.1 Å². The van der Waals surface area contributed by atoms with Gasteiger partial charge in [-0.3, -0.25) is 0 Å². The number of amides is 2. The number of benzene rings is 1. The van der Waals surface area contributed by atoms with E-state index in [1.165, 1.54) is 0 Å². The standard InChI is InChI=1S/C22H33N3O3/c1-5-8-9-10-15-28-21(26)19-16(4)23-22(27)24-20(19)17-11-13-18(14-12-17)25(6-2)7-3/h11-14,20H,5-10,15H2,1-4H3,(H2,23,24,27). The van der Waals surface area contributed by atoms with E-state index in [1.807, 2.05) is 24.3 Å². The number of nitrogens with one attached hydrogen (secondary N) is 2. The third-order valence-corrected chi connectivity index (χ3v) is 5.08. The van der Waals surface area contributed by atoms with Crippen LogP contribution in [0.5, 0.6) is 0 Å². The van der Waals surface area contributed by atoms with E-state index in [-0.39, 0.29) is 12.0 Å². The van der Waals surface area contributed by atoms with Crippen LogP contribution in [0.1, 0.15) is 65.0 Å². The van der Waals surface area contributed by atoms with Crippen molar-refractivity contribution in [1.82, 2.24) is 10.6 Å². The number of hydrogen-bond donors (Lipinski definition) is 2. The second-order valence-electron chi connectivity index (χ2n) is 7.03. The van der Waals surface area contributed by atoms with Crippen LogP contribution >= 0.6 is 0 Å². The predicted molar refractivity (Wildman–Crippen MR) is 112 cm³/mol. The normalized spacial score (nSPS) is 16.4. The first-order valence-corrected chi connectivity index (χ1v) is 10.3. The molecule has 0 saturated carbocycles. The molecule has 2 amide bonds. The van der Waals surface area contributed by atoms with E-state index in [1.54, 1.807) is 6.92 Å². The smallest absolute Gasteiger partial charge is 0.338 e. The summed E-state index contributed by atoms with van der Waals surface area (Å²) in [5.74, 6) is -0.376. The Labute approximate surface area is 168 Å². The lowest BCUT2D eigenvalue weighted by molar-refractivity contribution is -0.139. The van der Waals surface area contributed by atoms with Crippen molar-refractivity contribution in [2.75, 3.05) is 24.6 Å². The van der Waals surface area contributed by atoms with Crippen molar-refractivity contribution in [2.24, 2.45) is 0 Å². The van der Waals surface area contributed by atoms with Gasteiger partial charge < -0.3 is 20.3 Å². The maximum absolute atomic E-state index is 12.7. The fraction of sp³-hybridized carbons (Fsp3) is 0.545. The molecule has 1 aromatic carbocycles. The Hall–Kier alpha value is -2.50. The number of carbonyl (C=O) groups excluding carboxylic acids is 2. The molecule has 1 atom stereocenters. The van der Waals surface area contributed by atoms with Crippen LogP contribution in [0.3, 0.4) is 0 Å². The van der Waals surface area contributed by atoms with Gasteiger partial charge in [-0.05, 0) is 44.9 Å². The fourth-order valence-corrected chi connectivity index (χ4v) is 3.45. The van der Waals surface area contributed by atoms with Crippen LogP contribution in [-0.4, -0.2) is 31.7 Å². The molecule has 0 fully saturated rings. The lowest BCUT2D eigenvalue weighted by Gasteiger charge is -2.29. The second-order valence-corrected chi connectivity index (χ2v) is 7.03. The lowest BCUT2D eigenvalue weighted by Crippen LogP contribution is -2.45. The number of hydrogen-bond acceptors (Lipinski definition) is 4. The molecule has 0 radical (unpaired) electrons. The van der Waals surface area contributed by atoms with Gasteiger partial charge in [0, 0.05) is 24.5 Å². The van der Waals surface area contributed by atoms with Gasteiger partial charge in [-0.1, -0.05) is 38.3 Å². The summed E-state index contributed by atoms with van der Waals surface area (Å²) in [6.07, 6.45) is 4.18. The topological polar surface area (TPSA) is 70.7 Å². The van der Waals surface area contributed by atoms with Crippen LogP contribution in [-0.2, 0) is 9.53 Å². The summed E-state index contributed by atoms with van der Waals surface area (Å²) >= 11 is 0. The molecule has 0 aromatic heterocycles. The summed E-state index contributed by atoms with van der Waals surface area (Å²) in [7, 11) is 0. The highest BCUT2D eigenvalue weighted by molar-refractivity contribution is 5.95. The van der Waals surface area contributed by atoms with Gasteiger partial charge in [-0.2, -0.15) is 0 Å². The molecular formula is C22H33N3O3. The Bertz CT molecular complexity index is 693. The Morgan fingerprint density at radius 2 is 1.75 bits per heavy atom. The third-order valence-electron chi connectivity index (χ3n) is 5.08. The molecule has 28 heavy (non-hydrogen) atoms. The van der Waals surface area contributed by atoms with Gasteiger partial charge in [0.25, 0.3) is 0 Å². The number of allylic oxidation sites excluding steroid dienone is 1. The molecule has 6 heteroatoms. The number of ether oxygens (including phenoxy) is 1. The Kier molecular flexibility index (Phi) is 8.36. The number of unbranched alkanes of at least 4 members (excludes halogenated alkanes) is 3. The zero-order chi connectivity index (χ0) is 20.5. The van der Waals surface area contributed by atoms with Crippen molar-refractivity contribution < 1.29 is 14.3 Å². The molecule has 6 nitrogen and oxygen atoms in total. The highest BCUT2D eigenvalue weighted by atomic mass is 16.5. The van der Waals surface area contributed by atoms with Crippen LogP contribution in [0, 0.1) is 0 Å². The molecule has 2 N–H and O–H groups in total. The molecule has 0 bridgehead atoms. The first-order valence-electron chi connectivity index (χ1n) is 10.3. The number of carbonyl (C=O) groups is 2. The number of urea groups is 1. The highest BCUT2D eigenvalue weighted by Gasteiger charge is 2.32. The van der Waals surface area contributed by atoms with Crippen LogP contribution in [0.4, 0.5) is 10.5 Å². The van der Waals surface area contributed by atoms with Crippen molar-refractivity contribution in [3.8, 4) is 0 Å². The monoisotopic (exact) mass is 387 g/mol. The minimum absolute atomic E-state index is 0.310. The Balaban J connectivity index is 2.17. The lowest BCUT2D eigenvalue weighted by atomic mass is 9.95. The van der Waals surface area contributed by atoms with Gasteiger partial charge >= 0.3 is 12.0 Å². The van der Waals surface area contributed by atoms with Crippen molar-refractivity contribution in [2.45, 2.75) is 59.4 Å². The molecule has 0 aliphatic carbocycles. The molecule has 1 aliphatic rings.